The molecule has 0 saturated heterocycles. The van der Waals surface area contributed by atoms with Gasteiger partial charge in [0.05, 0.1) is 0 Å². The number of para-hydroxylation sites is 2. The van der Waals surface area contributed by atoms with Crippen molar-refractivity contribution in [3.8, 4) is 11.5 Å². The van der Waals surface area contributed by atoms with Gasteiger partial charge in [0.1, 0.15) is 6.61 Å². The monoisotopic (exact) mass is 285 g/mol. The highest BCUT2D eigenvalue weighted by Gasteiger charge is 2.25. The fourth-order valence-corrected chi connectivity index (χ4v) is 2.38. The summed E-state index contributed by atoms with van der Waals surface area (Å²) in [6.45, 7) is 4.51. The molecule has 0 radical (unpaired) electrons. The maximum atomic E-state index is 5.93. The van der Waals surface area contributed by atoms with Gasteiger partial charge in [0, 0.05) is 23.5 Å². The summed E-state index contributed by atoms with van der Waals surface area (Å²) in [5.41, 5.74) is 2.06. The molecule has 2 aromatic rings. The van der Waals surface area contributed by atoms with Crippen molar-refractivity contribution >= 4 is 0 Å². The lowest BCUT2D eigenvalue weighted by Crippen LogP contribution is -2.24. The molecule has 2 unspecified atom stereocenters. The zero-order chi connectivity index (χ0) is 14.8. The molecule has 2 heterocycles. The Labute approximate surface area is 124 Å². The number of hydrogen-bond donors (Lipinski definition) is 1. The highest BCUT2D eigenvalue weighted by atomic mass is 16.6. The third kappa shape index (κ3) is 2.69. The summed E-state index contributed by atoms with van der Waals surface area (Å²) in [6.07, 6.45) is 1.60. The Morgan fingerprint density at radius 3 is 2.76 bits per heavy atom. The number of fused-ring (bicyclic) bond motifs is 1. The summed E-state index contributed by atoms with van der Waals surface area (Å²) in [5.74, 6) is 2.17. The van der Waals surface area contributed by atoms with Gasteiger partial charge in [-0.05, 0) is 33.0 Å². The highest BCUT2D eigenvalue weighted by molar-refractivity contribution is 5.41. The lowest BCUT2D eigenvalue weighted by Gasteiger charge is -2.26. The fourth-order valence-electron chi connectivity index (χ4n) is 2.38. The number of benzene rings is 1. The Morgan fingerprint density at radius 2 is 2.05 bits per heavy atom. The molecule has 110 valence electrons. The normalized spacial score (nSPS) is 18.3. The van der Waals surface area contributed by atoms with E-state index in [1.807, 2.05) is 44.4 Å². The Hall–Kier alpha value is -2.14. The van der Waals surface area contributed by atoms with Crippen LogP contribution in [0.15, 0.2) is 30.5 Å². The van der Waals surface area contributed by atoms with Crippen LogP contribution in [0.25, 0.3) is 0 Å². The number of nitrogens with one attached hydrogen (secondary N) is 1. The highest BCUT2D eigenvalue weighted by Crippen LogP contribution is 2.35. The number of aromatic nitrogens is 2. The summed E-state index contributed by atoms with van der Waals surface area (Å²) in [5, 5.41) is 3.20. The van der Waals surface area contributed by atoms with Crippen molar-refractivity contribution in [1.29, 1.82) is 0 Å². The minimum absolute atomic E-state index is 0.225. The minimum atomic E-state index is -0.266. The van der Waals surface area contributed by atoms with Crippen LogP contribution in [0.2, 0.25) is 0 Å². The number of ether oxygens (including phenoxy) is 2. The van der Waals surface area contributed by atoms with Gasteiger partial charge in [-0.3, -0.25) is 0 Å². The molecule has 1 N–H and O–H groups in total. The number of aryl methyl sites for hydroxylation is 1. The first-order valence-electron chi connectivity index (χ1n) is 7.08. The van der Waals surface area contributed by atoms with E-state index in [0.717, 1.165) is 22.8 Å². The second-order valence-corrected chi connectivity index (χ2v) is 5.14. The maximum absolute atomic E-state index is 5.93. The van der Waals surface area contributed by atoms with Crippen LogP contribution in [0, 0.1) is 6.92 Å². The third-order valence-corrected chi connectivity index (χ3v) is 3.73. The van der Waals surface area contributed by atoms with Gasteiger partial charge in [0.25, 0.3) is 0 Å². The van der Waals surface area contributed by atoms with Crippen molar-refractivity contribution in [2.45, 2.75) is 26.0 Å². The van der Waals surface area contributed by atoms with Gasteiger partial charge in [-0.25, -0.2) is 9.97 Å². The Kier molecular flexibility index (Phi) is 3.75. The molecule has 5 nitrogen and oxygen atoms in total. The Balaban J connectivity index is 1.84. The van der Waals surface area contributed by atoms with Crippen LogP contribution in [-0.4, -0.2) is 23.6 Å². The topological polar surface area (TPSA) is 56.3 Å². The summed E-state index contributed by atoms with van der Waals surface area (Å²) < 4.78 is 11.6. The van der Waals surface area contributed by atoms with Crippen LogP contribution in [0.4, 0.5) is 0 Å². The molecule has 0 fully saturated rings. The number of hydrogen-bond acceptors (Lipinski definition) is 5. The van der Waals surface area contributed by atoms with Gasteiger partial charge in [0.2, 0.25) is 0 Å². The van der Waals surface area contributed by atoms with E-state index in [4.69, 9.17) is 9.47 Å². The molecule has 21 heavy (non-hydrogen) atoms. The van der Waals surface area contributed by atoms with Crippen molar-refractivity contribution in [3.05, 3.63) is 47.5 Å². The average Bonchev–Trinajstić information content (AvgIpc) is 2.53. The van der Waals surface area contributed by atoms with Crippen molar-refractivity contribution in [1.82, 2.24) is 15.3 Å². The van der Waals surface area contributed by atoms with Gasteiger partial charge in [-0.15, -0.1) is 0 Å². The first-order valence-corrected chi connectivity index (χ1v) is 7.08. The summed E-state index contributed by atoms with van der Waals surface area (Å²) in [6, 6.07) is 7.87. The van der Waals surface area contributed by atoms with Crippen molar-refractivity contribution in [2.24, 2.45) is 0 Å². The van der Waals surface area contributed by atoms with Gasteiger partial charge >= 0.3 is 0 Å². The molecular weight excluding hydrogens is 266 g/mol. The van der Waals surface area contributed by atoms with E-state index >= 15 is 0 Å². The molecule has 0 amide bonds. The molecule has 1 aromatic heterocycles. The first kappa shape index (κ1) is 13.8. The molecule has 5 heteroatoms. The second-order valence-electron chi connectivity index (χ2n) is 5.14. The molecule has 1 aromatic carbocycles. The molecule has 0 saturated carbocycles. The third-order valence-electron chi connectivity index (χ3n) is 3.73. The molecule has 0 aliphatic carbocycles. The van der Waals surface area contributed by atoms with Crippen LogP contribution < -0.4 is 14.8 Å². The smallest absolute Gasteiger partial charge is 0.192 e. The number of rotatable bonds is 3. The lowest BCUT2D eigenvalue weighted by molar-refractivity contribution is 0.0848. The second kappa shape index (κ2) is 5.69. The largest absolute Gasteiger partial charge is 0.485 e. The maximum Gasteiger partial charge on any atom is 0.192 e. The molecular formula is C16H19N3O2. The van der Waals surface area contributed by atoms with E-state index in [1.54, 1.807) is 0 Å². The van der Waals surface area contributed by atoms with E-state index in [0.29, 0.717) is 12.4 Å². The zero-order valence-corrected chi connectivity index (χ0v) is 12.5. The van der Waals surface area contributed by atoms with Gasteiger partial charge in [-0.1, -0.05) is 12.1 Å². The lowest BCUT2D eigenvalue weighted by atomic mass is 10.1. The summed E-state index contributed by atoms with van der Waals surface area (Å²) in [7, 11) is 1.92. The molecule has 1 aliphatic heterocycles. The minimum Gasteiger partial charge on any atom is -0.485 e. The van der Waals surface area contributed by atoms with E-state index in [-0.39, 0.29) is 12.1 Å². The van der Waals surface area contributed by atoms with Crippen LogP contribution in [-0.2, 0) is 0 Å². The zero-order valence-electron chi connectivity index (χ0n) is 12.5. The molecule has 2 atom stereocenters. The predicted molar refractivity (Wildman–Crippen MR) is 79.5 cm³/mol. The Bertz CT molecular complexity index is 645. The average molecular weight is 285 g/mol. The van der Waals surface area contributed by atoms with Gasteiger partial charge in [-0.2, -0.15) is 0 Å². The molecule has 0 bridgehead atoms. The van der Waals surface area contributed by atoms with E-state index in [9.17, 15) is 0 Å². The van der Waals surface area contributed by atoms with E-state index < -0.39 is 0 Å². The quantitative estimate of drug-likeness (QED) is 0.939. The summed E-state index contributed by atoms with van der Waals surface area (Å²) in [4.78, 5) is 9.03. The van der Waals surface area contributed by atoms with E-state index in [1.165, 1.54) is 0 Å². The first-order chi connectivity index (χ1) is 10.2. The van der Waals surface area contributed by atoms with Crippen molar-refractivity contribution in [3.63, 3.8) is 0 Å². The van der Waals surface area contributed by atoms with Gasteiger partial charge in [0.15, 0.2) is 23.4 Å². The predicted octanol–water partition coefficient (Wildman–Crippen LogP) is 2.58. The summed E-state index contributed by atoms with van der Waals surface area (Å²) >= 11 is 0. The van der Waals surface area contributed by atoms with Crippen LogP contribution >= 0.6 is 0 Å². The standard InChI is InChI=1S/C16H19N3O2/c1-10(17-3)12-8-18-16(19-11(12)2)15-9-20-13-6-4-5-7-14(13)21-15/h4-8,10,15,17H,9H2,1-3H3. The van der Waals surface area contributed by atoms with Crippen molar-refractivity contribution < 1.29 is 9.47 Å². The van der Waals surface area contributed by atoms with Crippen LogP contribution in [0.5, 0.6) is 11.5 Å². The number of nitrogens with zero attached hydrogens (tertiary/aromatic N) is 2. The molecule has 1 aliphatic rings. The van der Waals surface area contributed by atoms with E-state index in [2.05, 4.69) is 22.2 Å². The van der Waals surface area contributed by atoms with Crippen molar-refractivity contribution in [2.75, 3.05) is 13.7 Å². The molecule has 3 rings (SSSR count). The Morgan fingerprint density at radius 1 is 1.29 bits per heavy atom. The SMILES string of the molecule is CNC(C)c1cnc(C2COc3ccccc3O2)nc1C. The van der Waals surface area contributed by atoms with Crippen LogP contribution in [0.1, 0.15) is 36.2 Å². The molecule has 0 spiro atoms. The van der Waals surface area contributed by atoms with Gasteiger partial charge < -0.3 is 14.8 Å². The van der Waals surface area contributed by atoms with Crippen LogP contribution in [0.3, 0.4) is 0 Å². The fraction of sp³-hybridized carbons (Fsp3) is 0.375.